The molecule has 0 radical (unpaired) electrons. The molecule has 3 heterocycles. The van der Waals surface area contributed by atoms with E-state index in [2.05, 4.69) is 25.3 Å². The molecule has 2 aromatic heterocycles. The second-order valence-corrected chi connectivity index (χ2v) is 6.77. The molecule has 1 unspecified atom stereocenters. The summed E-state index contributed by atoms with van der Waals surface area (Å²) in [6.45, 7) is 1.48. The number of imidazole rings is 1. The maximum Gasteiger partial charge on any atom is 0.573 e. The number of nitrogens with one attached hydrogen (secondary N) is 2. The molecule has 0 saturated carbocycles. The van der Waals surface area contributed by atoms with Gasteiger partial charge in [-0.15, -0.1) is 13.2 Å². The minimum atomic E-state index is -4.74. The average molecular weight is 407 g/mol. The number of hydrogen-bond donors (Lipinski definition) is 2. The number of nitrogens with zero attached hydrogens (tertiary/aromatic N) is 3. The maximum absolute atomic E-state index is 12.4. The fourth-order valence-electron chi connectivity index (χ4n) is 3.25. The van der Waals surface area contributed by atoms with Gasteiger partial charge in [0, 0.05) is 38.0 Å². The normalized spacial score (nSPS) is 16.9. The predicted molar refractivity (Wildman–Crippen MR) is 102 cm³/mol. The van der Waals surface area contributed by atoms with Crippen molar-refractivity contribution in [1.82, 2.24) is 14.5 Å². The van der Waals surface area contributed by atoms with Crippen LogP contribution in [0.1, 0.15) is 12.8 Å². The number of ether oxygens (including phenoxy) is 2. The minimum absolute atomic E-state index is 0.191. The fraction of sp³-hybridized carbons (Fsp3) is 0.368. The Morgan fingerprint density at radius 3 is 2.93 bits per heavy atom. The van der Waals surface area contributed by atoms with Crippen molar-refractivity contribution in [2.24, 2.45) is 7.05 Å². The van der Waals surface area contributed by atoms with Gasteiger partial charge < -0.3 is 24.7 Å². The number of aryl methyl sites for hydroxylation is 1. The van der Waals surface area contributed by atoms with Crippen molar-refractivity contribution >= 4 is 28.5 Å². The third-order valence-electron chi connectivity index (χ3n) is 4.62. The Balaban J connectivity index is 1.50. The summed E-state index contributed by atoms with van der Waals surface area (Å²) in [5, 5.41) is 6.29. The Morgan fingerprint density at radius 2 is 2.17 bits per heavy atom. The zero-order valence-corrected chi connectivity index (χ0v) is 15.7. The first kappa shape index (κ1) is 19.3. The van der Waals surface area contributed by atoms with E-state index < -0.39 is 6.36 Å². The first-order chi connectivity index (χ1) is 13.9. The van der Waals surface area contributed by atoms with Crippen molar-refractivity contribution in [2.75, 3.05) is 23.8 Å². The van der Waals surface area contributed by atoms with E-state index in [9.17, 15) is 13.2 Å². The average Bonchev–Trinajstić information content (AvgIpc) is 3.27. The summed E-state index contributed by atoms with van der Waals surface area (Å²) >= 11 is 0. The number of rotatable bonds is 6. The smallest absolute Gasteiger partial charge is 0.406 e. The summed E-state index contributed by atoms with van der Waals surface area (Å²) in [5.74, 6) is 0.884. The number of fused-ring (bicyclic) bond motifs is 1. The van der Waals surface area contributed by atoms with Crippen molar-refractivity contribution in [3.05, 3.63) is 36.5 Å². The van der Waals surface area contributed by atoms with Crippen LogP contribution >= 0.6 is 0 Å². The number of benzene rings is 1. The van der Waals surface area contributed by atoms with E-state index in [1.54, 1.807) is 18.3 Å². The maximum atomic E-state index is 12.4. The van der Waals surface area contributed by atoms with Gasteiger partial charge in [-0.05, 0) is 25.0 Å². The predicted octanol–water partition coefficient (Wildman–Crippen LogP) is 4.20. The molecule has 0 bridgehead atoms. The van der Waals surface area contributed by atoms with Gasteiger partial charge in [0.25, 0.3) is 0 Å². The van der Waals surface area contributed by atoms with E-state index in [1.165, 1.54) is 18.2 Å². The molecule has 0 amide bonds. The Hall–Kier alpha value is -3.01. The van der Waals surface area contributed by atoms with Gasteiger partial charge in [-0.2, -0.15) is 0 Å². The number of halogens is 3. The number of anilines is 3. The van der Waals surface area contributed by atoms with Crippen LogP contribution in [0.2, 0.25) is 0 Å². The van der Waals surface area contributed by atoms with Gasteiger partial charge in [0.05, 0.1) is 17.8 Å². The molecule has 0 aliphatic carbocycles. The standard InChI is InChI=1S/C19H20F3N5O2/c1-27-16-9-17(25-12-4-2-5-13(8-12)29-19(20,21)22)23-11-15(16)26-18(27)24-10-14-6-3-7-28-14/h2,4-5,8-9,11,14H,3,6-7,10H2,1H3,(H,23,25)(H,24,26). The van der Waals surface area contributed by atoms with E-state index in [4.69, 9.17) is 4.74 Å². The lowest BCUT2D eigenvalue weighted by Gasteiger charge is -2.11. The van der Waals surface area contributed by atoms with Crippen molar-refractivity contribution in [2.45, 2.75) is 25.3 Å². The Kier molecular flexibility index (Phi) is 5.18. The molecule has 29 heavy (non-hydrogen) atoms. The molecule has 1 fully saturated rings. The summed E-state index contributed by atoms with van der Waals surface area (Å²) in [4.78, 5) is 8.83. The molecule has 2 N–H and O–H groups in total. The molecule has 0 spiro atoms. The first-order valence-corrected chi connectivity index (χ1v) is 9.18. The van der Waals surface area contributed by atoms with Gasteiger partial charge >= 0.3 is 6.36 Å². The fourth-order valence-corrected chi connectivity index (χ4v) is 3.25. The molecule has 4 rings (SSSR count). The highest BCUT2D eigenvalue weighted by molar-refractivity contribution is 5.81. The largest absolute Gasteiger partial charge is 0.573 e. The van der Waals surface area contributed by atoms with Crippen molar-refractivity contribution in [3.8, 4) is 5.75 Å². The zero-order chi connectivity index (χ0) is 20.4. The van der Waals surface area contributed by atoms with E-state index in [0.29, 0.717) is 29.5 Å². The summed E-state index contributed by atoms with van der Waals surface area (Å²) in [6.07, 6.45) is -0.828. The van der Waals surface area contributed by atoms with Gasteiger partial charge in [-0.3, -0.25) is 0 Å². The number of hydrogen-bond acceptors (Lipinski definition) is 6. The van der Waals surface area contributed by atoms with Gasteiger partial charge in [0.15, 0.2) is 0 Å². The Labute approximate surface area is 164 Å². The third-order valence-corrected chi connectivity index (χ3v) is 4.62. The molecule has 154 valence electrons. The molecule has 1 atom stereocenters. The molecule has 1 aliphatic rings. The number of aromatic nitrogens is 3. The van der Waals surface area contributed by atoms with Crippen molar-refractivity contribution in [1.29, 1.82) is 0 Å². The molecule has 7 nitrogen and oxygen atoms in total. The van der Waals surface area contributed by atoms with Crippen LogP contribution < -0.4 is 15.4 Å². The third kappa shape index (κ3) is 4.70. The highest BCUT2D eigenvalue weighted by Crippen LogP contribution is 2.27. The van der Waals surface area contributed by atoms with E-state index in [0.717, 1.165) is 25.0 Å². The lowest BCUT2D eigenvalue weighted by atomic mass is 10.2. The minimum Gasteiger partial charge on any atom is -0.406 e. The SMILES string of the molecule is Cn1c(NCC2CCCO2)nc2cnc(Nc3cccc(OC(F)(F)F)c3)cc21. The Bertz CT molecular complexity index is 999. The van der Waals surface area contributed by atoms with E-state index in [-0.39, 0.29) is 11.9 Å². The monoisotopic (exact) mass is 407 g/mol. The molecule has 1 aliphatic heterocycles. The second kappa shape index (κ2) is 7.78. The summed E-state index contributed by atoms with van der Waals surface area (Å²) in [7, 11) is 1.88. The van der Waals surface area contributed by atoms with Gasteiger partial charge in [0.2, 0.25) is 5.95 Å². The van der Waals surface area contributed by atoms with Crippen LogP contribution in [0.3, 0.4) is 0 Å². The first-order valence-electron chi connectivity index (χ1n) is 9.18. The van der Waals surface area contributed by atoms with Crippen molar-refractivity contribution in [3.63, 3.8) is 0 Å². The van der Waals surface area contributed by atoms with E-state index in [1.807, 2.05) is 11.6 Å². The molecule has 3 aromatic rings. The van der Waals surface area contributed by atoms with Crippen LogP contribution in [0.15, 0.2) is 36.5 Å². The highest BCUT2D eigenvalue weighted by Gasteiger charge is 2.31. The number of alkyl halides is 3. The lowest BCUT2D eigenvalue weighted by molar-refractivity contribution is -0.274. The molecular weight excluding hydrogens is 387 g/mol. The van der Waals surface area contributed by atoms with Crippen LogP contribution in [0, 0.1) is 0 Å². The molecular formula is C19H20F3N5O2. The molecule has 10 heteroatoms. The molecule has 1 saturated heterocycles. The van der Waals surface area contributed by atoms with E-state index >= 15 is 0 Å². The van der Waals surface area contributed by atoms with Crippen molar-refractivity contribution < 1.29 is 22.6 Å². The topological polar surface area (TPSA) is 73.2 Å². The van der Waals surface area contributed by atoms with Crippen LogP contribution in [-0.4, -0.2) is 40.2 Å². The van der Waals surface area contributed by atoms with Gasteiger partial charge in [0.1, 0.15) is 17.1 Å². The quantitative estimate of drug-likeness (QED) is 0.638. The van der Waals surface area contributed by atoms with Gasteiger partial charge in [-0.25, -0.2) is 9.97 Å². The molecule has 1 aromatic carbocycles. The van der Waals surface area contributed by atoms with Crippen LogP contribution in [0.25, 0.3) is 11.0 Å². The van der Waals surface area contributed by atoms with Crippen LogP contribution in [0.5, 0.6) is 5.75 Å². The lowest BCUT2D eigenvalue weighted by Crippen LogP contribution is -2.20. The summed E-state index contributed by atoms with van der Waals surface area (Å²) in [5.41, 5.74) is 1.97. The van der Waals surface area contributed by atoms with Crippen LogP contribution in [0.4, 0.5) is 30.6 Å². The second-order valence-electron chi connectivity index (χ2n) is 6.77. The summed E-state index contributed by atoms with van der Waals surface area (Å²) < 4.78 is 48.7. The summed E-state index contributed by atoms with van der Waals surface area (Å²) in [6, 6.07) is 7.39. The van der Waals surface area contributed by atoms with Gasteiger partial charge in [-0.1, -0.05) is 6.07 Å². The highest BCUT2D eigenvalue weighted by atomic mass is 19.4. The van der Waals surface area contributed by atoms with Crippen LogP contribution in [-0.2, 0) is 11.8 Å². The number of pyridine rings is 1. The zero-order valence-electron chi connectivity index (χ0n) is 15.7. The Morgan fingerprint density at radius 1 is 1.31 bits per heavy atom.